The van der Waals surface area contributed by atoms with Crippen molar-refractivity contribution >= 4 is 29.3 Å². The Morgan fingerprint density at radius 2 is 1.68 bits per heavy atom. The van der Waals surface area contributed by atoms with Crippen molar-refractivity contribution in [3.63, 3.8) is 0 Å². The molecule has 1 N–H and O–H groups in total. The van der Waals surface area contributed by atoms with E-state index in [1.165, 1.54) is 0 Å². The molecule has 0 unspecified atom stereocenters. The molecule has 0 aromatic heterocycles. The highest BCUT2D eigenvalue weighted by Crippen LogP contribution is 2.18. The summed E-state index contributed by atoms with van der Waals surface area (Å²) in [5.74, 6) is -0.898. The van der Waals surface area contributed by atoms with Gasteiger partial charge in [-0.15, -0.1) is 0 Å². The summed E-state index contributed by atoms with van der Waals surface area (Å²) in [6.07, 6.45) is 3.33. The number of nitrogens with one attached hydrogen (secondary N) is 1. The molecule has 0 atom stereocenters. The predicted octanol–water partition coefficient (Wildman–Crippen LogP) is 5.04. The Morgan fingerprint density at radius 1 is 1.03 bits per heavy atom. The molecule has 2 aromatic carbocycles. The molecule has 0 fully saturated rings. The van der Waals surface area contributed by atoms with Crippen LogP contribution in [0.15, 0.2) is 54.1 Å². The second kappa shape index (κ2) is 12.2. The zero-order valence-corrected chi connectivity index (χ0v) is 18.4. The lowest BCUT2D eigenvalue weighted by Gasteiger charge is -2.20. The van der Waals surface area contributed by atoms with Gasteiger partial charge >= 0.3 is 5.97 Å². The molecule has 0 spiro atoms. The number of hydrogen-bond donors (Lipinski definition) is 1. The van der Waals surface area contributed by atoms with Crippen LogP contribution >= 0.6 is 0 Å². The van der Waals surface area contributed by atoms with Crippen molar-refractivity contribution in [3.8, 4) is 6.07 Å². The lowest BCUT2D eigenvalue weighted by atomic mass is 10.1. The van der Waals surface area contributed by atoms with Crippen molar-refractivity contribution in [1.82, 2.24) is 0 Å². The lowest BCUT2D eigenvalue weighted by Crippen LogP contribution is -2.21. The predicted molar refractivity (Wildman–Crippen MR) is 124 cm³/mol. The Kier molecular flexibility index (Phi) is 9.31. The maximum atomic E-state index is 12.5. The van der Waals surface area contributed by atoms with Gasteiger partial charge < -0.3 is 15.0 Å². The molecule has 2 aromatic rings. The monoisotopic (exact) mass is 419 g/mol. The number of esters is 1. The number of carbonyl (C=O) groups is 2. The molecule has 0 saturated heterocycles. The Balaban J connectivity index is 2.04. The number of nitriles is 1. The first kappa shape index (κ1) is 23.7. The SMILES string of the molecule is CCCCOC(=O)c1ccc(NC(=O)C(C#N)=Cc2ccc(N(CC)CC)cc2)cc1. The molecule has 6 nitrogen and oxygen atoms in total. The number of nitrogens with zero attached hydrogens (tertiary/aromatic N) is 2. The fraction of sp³-hybridized carbons (Fsp3) is 0.320. The molecule has 0 bridgehead atoms. The molecule has 6 heteroatoms. The van der Waals surface area contributed by atoms with E-state index >= 15 is 0 Å². The molecule has 31 heavy (non-hydrogen) atoms. The highest BCUT2D eigenvalue weighted by molar-refractivity contribution is 6.09. The number of carbonyl (C=O) groups excluding carboxylic acids is 2. The quantitative estimate of drug-likeness (QED) is 0.253. The van der Waals surface area contributed by atoms with Gasteiger partial charge in [0.1, 0.15) is 11.6 Å². The Hall–Kier alpha value is -3.59. The minimum absolute atomic E-state index is 0.00126. The minimum atomic E-state index is -0.506. The van der Waals surface area contributed by atoms with Crippen LogP contribution < -0.4 is 10.2 Å². The molecular formula is C25H29N3O3. The van der Waals surface area contributed by atoms with Crippen molar-refractivity contribution in [2.24, 2.45) is 0 Å². The summed E-state index contributed by atoms with van der Waals surface area (Å²) in [5, 5.41) is 12.1. The number of amides is 1. The van der Waals surface area contributed by atoms with E-state index in [0.717, 1.165) is 37.2 Å². The summed E-state index contributed by atoms with van der Waals surface area (Å²) < 4.78 is 5.17. The van der Waals surface area contributed by atoms with E-state index in [1.807, 2.05) is 37.3 Å². The van der Waals surface area contributed by atoms with E-state index < -0.39 is 11.9 Å². The van der Waals surface area contributed by atoms with E-state index in [0.29, 0.717) is 17.9 Å². The van der Waals surface area contributed by atoms with Crippen molar-refractivity contribution in [2.45, 2.75) is 33.6 Å². The normalized spacial score (nSPS) is 10.8. The van der Waals surface area contributed by atoms with Gasteiger partial charge in [0.25, 0.3) is 5.91 Å². The number of ether oxygens (including phenoxy) is 1. The smallest absolute Gasteiger partial charge is 0.338 e. The van der Waals surface area contributed by atoms with E-state index in [2.05, 4.69) is 24.1 Å². The summed E-state index contributed by atoms with van der Waals surface area (Å²) in [5.41, 5.74) is 2.77. The summed E-state index contributed by atoms with van der Waals surface area (Å²) in [7, 11) is 0. The Morgan fingerprint density at radius 3 is 2.23 bits per heavy atom. The summed E-state index contributed by atoms with van der Waals surface area (Å²) in [4.78, 5) is 26.7. The fourth-order valence-electron chi connectivity index (χ4n) is 2.97. The molecule has 1 amide bonds. The van der Waals surface area contributed by atoms with Crippen LogP contribution in [0.5, 0.6) is 0 Å². The number of anilines is 2. The van der Waals surface area contributed by atoms with Gasteiger partial charge in [-0.25, -0.2) is 4.79 Å². The second-order valence-electron chi connectivity index (χ2n) is 6.95. The van der Waals surface area contributed by atoms with Gasteiger partial charge in [0.2, 0.25) is 0 Å². The first-order valence-electron chi connectivity index (χ1n) is 10.6. The number of rotatable bonds is 10. The van der Waals surface area contributed by atoms with Crippen molar-refractivity contribution in [3.05, 3.63) is 65.2 Å². The van der Waals surface area contributed by atoms with Gasteiger partial charge in [-0.1, -0.05) is 25.5 Å². The van der Waals surface area contributed by atoms with Crippen LogP contribution in [-0.2, 0) is 9.53 Å². The molecule has 0 aliphatic carbocycles. The Labute approximate surface area is 184 Å². The molecular weight excluding hydrogens is 390 g/mol. The van der Waals surface area contributed by atoms with Crippen LogP contribution in [0, 0.1) is 11.3 Å². The molecule has 162 valence electrons. The summed E-state index contributed by atoms with van der Waals surface area (Å²) in [6.45, 7) is 8.42. The largest absolute Gasteiger partial charge is 0.462 e. The van der Waals surface area contributed by atoms with Crippen molar-refractivity contribution in [2.75, 3.05) is 29.9 Å². The first-order chi connectivity index (χ1) is 15.0. The third-order valence-electron chi connectivity index (χ3n) is 4.81. The van der Waals surface area contributed by atoms with Crippen molar-refractivity contribution < 1.29 is 14.3 Å². The van der Waals surface area contributed by atoms with E-state index in [-0.39, 0.29) is 5.57 Å². The maximum Gasteiger partial charge on any atom is 0.338 e. The second-order valence-corrected chi connectivity index (χ2v) is 6.95. The summed E-state index contributed by atoms with van der Waals surface area (Å²) in [6, 6.07) is 16.1. The summed E-state index contributed by atoms with van der Waals surface area (Å²) >= 11 is 0. The molecule has 2 rings (SSSR count). The third kappa shape index (κ3) is 7.00. The number of hydrogen-bond acceptors (Lipinski definition) is 5. The van der Waals surface area contributed by atoms with Crippen LogP contribution in [0.4, 0.5) is 11.4 Å². The van der Waals surface area contributed by atoms with Gasteiger partial charge in [-0.05, 0) is 68.3 Å². The average molecular weight is 420 g/mol. The fourth-order valence-corrected chi connectivity index (χ4v) is 2.97. The zero-order chi connectivity index (χ0) is 22.6. The van der Waals surface area contributed by atoms with Crippen molar-refractivity contribution in [1.29, 1.82) is 5.26 Å². The molecule has 0 radical (unpaired) electrons. The van der Waals surface area contributed by atoms with E-state index in [4.69, 9.17) is 4.74 Å². The van der Waals surface area contributed by atoms with Gasteiger partial charge in [0, 0.05) is 24.5 Å². The highest BCUT2D eigenvalue weighted by atomic mass is 16.5. The number of benzene rings is 2. The molecule has 0 aliphatic heterocycles. The third-order valence-corrected chi connectivity index (χ3v) is 4.81. The maximum absolute atomic E-state index is 12.5. The molecule has 0 aliphatic rings. The van der Waals surface area contributed by atoms with Gasteiger partial charge in [-0.2, -0.15) is 5.26 Å². The Bertz CT molecular complexity index is 937. The van der Waals surface area contributed by atoms with Crippen LogP contribution in [0.3, 0.4) is 0 Å². The standard InChI is InChI=1S/C25H29N3O3/c1-4-7-16-31-25(30)20-10-12-22(13-11-20)27-24(29)21(18-26)17-19-8-14-23(15-9-19)28(5-2)6-3/h8-15,17H,4-7,16H2,1-3H3,(H,27,29). The lowest BCUT2D eigenvalue weighted by molar-refractivity contribution is -0.112. The van der Waals surface area contributed by atoms with Gasteiger partial charge in [-0.3, -0.25) is 4.79 Å². The van der Waals surface area contributed by atoms with Gasteiger partial charge in [0.15, 0.2) is 0 Å². The molecule has 0 saturated carbocycles. The van der Waals surface area contributed by atoms with Gasteiger partial charge in [0.05, 0.1) is 12.2 Å². The molecule has 0 heterocycles. The highest BCUT2D eigenvalue weighted by Gasteiger charge is 2.11. The topological polar surface area (TPSA) is 82.4 Å². The van der Waals surface area contributed by atoms with Crippen LogP contribution in [0.25, 0.3) is 6.08 Å². The van der Waals surface area contributed by atoms with Crippen LogP contribution in [-0.4, -0.2) is 31.6 Å². The van der Waals surface area contributed by atoms with Crippen LogP contribution in [0.2, 0.25) is 0 Å². The average Bonchev–Trinajstić information content (AvgIpc) is 2.79. The minimum Gasteiger partial charge on any atom is -0.462 e. The number of unbranched alkanes of at least 4 members (excludes halogenated alkanes) is 1. The first-order valence-corrected chi connectivity index (χ1v) is 10.6. The van der Waals surface area contributed by atoms with E-state index in [1.54, 1.807) is 30.3 Å². The van der Waals surface area contributed by atoms with Crippen LogP contribution in [0.1, 0.15) is 49.5 Å². The van der Waals surface area contributed by atoms with E-state index in [9.17, 15) is 14.9 Å². The zero-order valence-electron chi connectivity index (χ0n) is 18.4.